The van der Waals surface area contributed by atoms with Crippen LogP contribution in [0.25, 0.3) is 0 Å². The Bertz CT molecular complexity index is 405. The van der Waals surface area contributed by atoms with Gasteiger partial charge in [-0.1, -0.05) is 13.8 Å². The Hall–Kier alpha value is -1.40. The van der Waals surface area contributed by atoms with Gasteiger partial charge in [0.25, 0.3) is 0 Å². The molecule has 0 bridgehead atoms. The molecule has 1 heterocycles. The molecule has 2 rings (SSSR count). The first-order valence-electron chi connectivity index (χ1n) is 6.37. The minimum atomic E-state index is -0.390. The zero-order valence-corrected chi connectivity index (χ0v) is 10.8. The van der Waals surface area contributed by atoms with E-state index in [1.165, 1.54) is 0 Å². The summed E-state index contributed by atoms with van der Waals surface area (Å²) in [6.07, 6.45) is 1.89. The van der Waals surface area contributed by atoms with Crippen LogP contribution < -0.4 is 16.6 Å². The van der Waals surface area contributed by atoms with Gasteiger partial charge < -0.3 is 15.8 Å². The standard InChI is InChI=1S/C12H21N5O/c1-7(2)9(18)6-14-10-5-11(17-13)16-12(15-10)8-3-4-8/h5,7-9,18H,3-4,6,13H2,1-2H3,(H2,14,15,16,17). The molecule has 0 radical (unpaired) electrons. The molecule has 5 N–H and O–H groups in total. The molecule has 0 aliphatic heterocycles. The van der Waals surface area contributed by atoms with Crippen molar-refractivity contribution in [3.8, 4) is 0 Å². The number of hydrogen-bond donors (Lipinski definition) is 4. The van der Waals surface area contributed by atoms with E-state index >= 15 is 0 Å². The largest absolute Gasteiger partial charge is 0.391 e. The molecule has 6 nitrogen and oxygen atoms in total. The predicted molar refractivity (Wildman–Crippen MR) is 71.2 cm³/mol. The Kier molecular flexibility index (Phi) is 3.98. The van der Waals surface area contributed by atoms with Crippen molar-refractivity contribution in [1.82, 2.24) is 9.97 Å². The topological polar surface area (TPSA) is 96.1 Å². The first-order chi connectivity index (χ1) is 8.60. The lowest BCUT2D eigenvalue weighted by Crippen LogP contribution is -2.25. The van der Waals surface area contributed by atoms with E-state index in [-0.39, 0.29) is 5.92 Å². The summed E-state index contributed by atoms with van der Waals surface area (Å²) >= 11 is 0. The third kappa shape index (κ3) is 3.30. The number of aliphatic hydroxyl groups excluding tert-OH is 1. The summed E-state index contributed by atoms with van der Waals surface area (Å²) in [4.78, 5) is 8.77. The molecule has 1 fully saturated rings. The van der Waals surface area contributed by atoms with Gasteiger partial charge in [-0.3, -0.25) is 0 Å². The molecule has 6 heteroatoms. The third-order valence-electron chi connectivity index (χ3n) is 3.10. The van der Waals surface area contributed by atoms with Gasteiger partial charge in [-0.15, -0.1) is 0 Å². The molecule has 0 aromatic carbocycles. The molecule has 1 atom stereocenters. The number of hydrogen-bond acceptors (Lipinski definition) is 6. The molecular weight excluding hydrogens is 230 g/mol. The molecule has 1 aliphatic rings. The molecule has 100 valence electrons. The van der Waals surface area contributed by atoms with Gasteiger partial charge in [-0.05, 0) is 18.8 Å². The van der Waals surface area contributed by atoms with Crippen molar-refractivity contribution < 1.29 is 5.11 Å². The van der Waals surface area contributed by atoms with Crippen LogP contribution in [0.1, 0.15) is 38.4 Å². The molecule has 1 aromatic rings. The van der Waals surface area contributed by atoms with E-state index in [2.05, 4.69) is 20.7 Å². The van der Waals surface area contributed by atoms with Gasteiger partial charge >= 0.3 is 0 Å². The maximum absolute atomic E-state index is 9.76. The molecule has 0 amide bonds. The fourth-order valence-corrected chi connectivity index (χ4v) is 1.60. The van der Waals surface area contributed by atoms with Gasteiger partial charge in [-0.25, -0.2) is 15.8 Å². The van der Waals surface area contributed by atoms with Crippen LogP contribution in [0, 0.1) is 5.92 Å². The van der Waals surface area contributed by atoms with Crippen molar-refractivity contribution >= 4 is 11.6 Å². The molecule has 1 aliphatic carbocycles. The number of nitrogens with one attached hydrogen (secondary N) is 2. The molecule has 1 aromatic heterocycles. The number of anilines is 2. The van der Waals surface area contributed by atoms with E-state index in [0.29, 0.717) is 24.1 Å². The van der Waals surface area contributed by atoms with Crippen molar-refractivity contribution in [3.05, 3.63) is 11.9 Å². The Morgan fingerprint density at radius 3 is 2.61 bits per heavy atom. The van der Waals surface area contributed by atoms with Crippen molar-refractivity contribution in [2.45, 2.75) is 38.7 Å². The number of hydrazine groups is 1. The van der Waals surface area contributed by atoms with Crippen LogP contribution in [0.5, 0.6) is 0 Å². The van der Waals surface area contributed by atoms with Crippen LogP contribution in [0.2, 0.25) is 0 Å². The number of nitrogens with two attached hydrogens (primary N) is 1. The number of aromatic nitrogens is 2. The molecule has 0 spiro atoms. The smallest absolute Gasteiger partial charge is 0.145 e. The average Bonchev–Trinajstić information content (AvgIpc) is 3.19. The summed E-state index contributed by atoms with van der Waals surface area (Å²) in [5.41, 5.74) is 2.55. The Morgan fingerprint density at radius 1 is 1.39 bits per heavy atom. The van der Waals surface area contributed by atoms with Crippen molar-refractivity contribution in [3.63, 3.8) is 0 Å². The van der Waals surface area contributed by atoms with Gasteiger partial charge in [0.15, 0.2) is 0 Å². The third-order valence-corrected chi connectivity index (χ3v) is 3.10. The second-order valence-corrected chi connectivity index (χ2v) is 5.11. The van der Waals surface area contributed by atoms with E-state index in [0.717, 1.165) is 18.7 Å². The highest BCUT2D eigenvalue weighted by molar-refractivity contribution is 5.47. The molecule has 18 heavy (non-hydrogen) atoms. The second kappa shape index (κ2) is 5.49. The summed E-state index contributed by atoms with van der Waals surface area (Å²) in [6.45, 7) is 4.44. The van der Waals surface area contributed by atoms with E-state index in [4.69, 9.17) is 5.84 Å². The van der Waals surface area contributed by atoms with Gasteiger partial charge in [0, 0.05) is 18.5 Å². The van der Waals surface area contributed by atoms with Crippen molar-refractivity contribution in [1.29, 1.82) is 0 Å². The predicted octanol–water partition coefficient (Wildman–Crippen LogP) is 1.07. The highest BCUT2D eigenvalue weighted by Gasteiger charge is 2.27. The Balaban J connectivity index is 2.04. The minimum Gasteiger partial charge on any atom is -0.391 e. The normalized spacial score (nSPS) is 16.7. The Labute approximate surface area is 107 Å². The van der Waals surface area contributed by atoms with Crippen LogP contribution in [0.4, 0.5) is 11.6 Å². The highest BCUT2D eigenvalue weighted by Crippen LogP contribution is 2.38. The second-order valence-electron chi connectivity index (χ2n) is 5.11. The number of nitrogen functional groups attached to an aromatic ring is 1. The van der Waals surface area contributed by atoms with Gasteiger partial charge in [0.2, 0.25) is 0 Å². The summed E-state index contributed by atoms with van der Waals surface area (Å²) in [5, 5.41) is 12.9. The van der Waals surface area contributed by atoms with E-state index < -0.39 is 6.10 Å². The molecular formula is C12H21N5O. The summed E-state index contributed by atoms with van der Waals surface area (Å²) in [6, 6.07) is 1.75. The quantitative estimate of drug-likeness (QED) is 0.446. The summed E-state index contributed by atoms with van der Waals surface area (Å²) < 4.78 is 0. The fraction of sp³-hybridized carbons (Fsp3) is 0.667. The van der Waals surface area contributed by atoms with Gasteiger partial charge in [0.05, 0.1) is 6.10 Å². The SMILES string of the molecule is CC(C)C(O)CNc1cc(NN)nc(C2CC2)n1. The first-order valence-corrected chi connectivity index (χ1v) is 6.37. The maximum atomic E-state index is 9.76. The monoisotopic (exact) mass is 251 g/mol. The van der Waals surface area contributed by atoms with Gasteiger partial charge in [0.1, 0.15) is 17.5 Å². The number of rotatable bonds is 6. The summed E-state index contributed by atoms with van der Waals surface area (Å²) in [5.74, 6) is 8.22. The van der Waals surface area contributed by atoms with Gasteiger partial charge in [-0.2, -0.15) is 0 Å². The van der Waals surface area contributed by atoms with E-state index in [1.54, 1.807) is 6.07 Å². The number of nitrogens with zero attached hydrogens (tertiary/aromatic N) is 2. The Morgan fingerprint density at radius 2 is 2.06 bits per heavy atom. The highest BCUT2D eigenvalue weighted by atomic mass is 16.3. The van der Waals surface area contributed by atoms with Crippen LogP contribution in [-0.4, -0.2) is 27.7 Å². The van der Waals surface area contributed by atoms with E-state index in [1.807, 2.05) is 13.8 Å². The van der Waals surface area contributed by atoms with Crippen LogP contribution in [0.15, 0.2) is 6.07 Å². The minimum absolute atomic E-state index is 0.217. The molecule has 0 saturated heterocycles. The van der Waals surface area contributed by atoms with Crippen molar-refractivity contribution in [2.75, 3.05) is 17.3 Å². The zero-order valence-electron chi connectivity index (χ0n) is 10.8. The summed E-state index contributed by atoms with van der Waals surface area (Å²) in [7, 11) is 0. The first kappa shape index (κ1) is 13.0. The average molecular weight is 251 g/mol. The van der Waals surface area contributed by atoms with E-state index in [9.17, 15) is 5.11 Å². The molecule has 1 saturated carbocycles. The molecule has 1 unspecified atom stereocenters. The van der Waals surface area contributed by atoms with Crippen LogP contribution in [0.3, 0.4) is 0 Å². The maximum Gasteiger partial charge on any atom is 0.145 e. The van der Waals surface area contributed by atoms with Crippen LogP contribution in [-0.2, 0) is 0 Å². The fourth-order valence-electron chi connectivity index (χ4n) is 1.60. The lowest BCUT2D eigenvalue weighted by molar-refractivity contribution is 0.138. The lowest BCUT2D eigenvalue weighted by atomic mass is 10.1. The van der Waals surface area contributed by atoms with Crippen molar-refractivity contribution in [2.24, 2.45) is 11.8 Å². The zero-order chi connectivity index (χ0) is 13.1. The van der Waals surface area contributed by atoms with Crippen LogP contribution >= 0.6 is 0 Å². The lowest BCUT2D eigenvalue weighted by Gasteiger charge is -2.16. The number of aliphatic hydroxyl groups is 1.